The number of oxazole rings is 1. The van der Waals surface area contributed by atoms with Gasteiger partial charge in [0.25, 0.3) is 0 Å². The number of rotatable bonds is 3. The minimum Gasteiger partial charge on any atom is -0.447 e. The van der Waals surface area contributed by atoms with Crippen molar-refractivity contribution in [3.63, 3.8) is 0 Å². The molecule has 0 unspecified atom stereocenters. The largest absolute Gasteiger partial charge is 0.447 e. The molecule has 1 aromatic heterocycles. The van der Waals surface area contributed by atoms with Gasteiger partial charge in [0, 0.05) is 19.0 Å². The Labute approximate surface area is 165 Å². The van der Waals surface area contributed by atoms with Crippen molar-refractivity contribution >= 4 is 17.2 Å². The number of hydrogen-bond donors (Lipinski definition) is 0. The number of aryl methyl sites for hydroxylation is 1. The number of likely N-dealkylation sites (tertiary alicyclic amines) is 1. The molecular formula is C23H26N2O3. The highest BCUT2D eigenvalue weighted by molar-refractivity contribution is 5.80. The van der Waals surface area contributed by atoms with Crippen LogP contribution in [0.5, 0.6) is 0 Å². The molecule has 0 N–H and O–H groups in total. The van der Waals surface area contributed by atoms with Crippen LogP contribution in [0.1, 0.15) is 44.1 Å². The van der Waals surface area contributed by atoms with E-state index < -0.39 is 0 Å². The van der Waals surface area contributed by atoms with Crippen molar-refractivity contribution in [3.8, 4) is 11.1 Å². The fourth-order valence-corrected chi connectivity index (χ4v) is 3.63. The number of hydrogen-bond acceptors (Lipinski definition) is 4. The number of amides is 1. The SMILES string of the molecule is Cc1ccc(-c2ccc3nc(C4CCN(C(=O)OC(C)C)CC4)oc3c2)cc1. The van der Waals surface area contributed by atoms with Gasteiger partial charge in [-0.25, -0.2) is 9.78 Å². The molecule has 0 aliphatic carbocycles. The first-order valence-electron chi connectivity index (χ1n) is 9.92. The molecule has 2 heterocycles. The summed E-state index contributed by atoms with van der Waals surface area (Å²) in [5, 5.41) is 0. The zero-order valence-electron chi connectivity index (χ0n) is 16.6. The van der Waals surface area contributed by atoms with E-state index in [-0.39, 0.29) is 18.1 Å². The third kappa shape index (κ3) is 3.88. The third-order valence-electron chi connectivity index (χ3n) is 5.23. The Kier molecular flexibility index (Phi) is 5.07. The van der Waals surface area contributed by atoms with Crippen LogP contribution in [0.25, 0.3) is 22.2 Å². The fourth-order valence-electron chi connectivity index (χ4n) is 3.63. The smallest absolute Gasteiger partial charge is 0.410 e. The molecule has 28 heavy (non-hydrogen) atoms. The monoisotopic (exact) mass is 378 g/mol. The van der Waals surface area contributed by atoms with Gasteiger partial charge in [0.2, 0.25) is 0 Å². The van der Waals surface area contributed by atoms with Gasteiger partial charge in [-0.15, -0.1) is 0 Å². The summed E-state index contributed by atoms with van der Waals surface area (Å²) in [6.07, 6.45) is 1.36. The Bertz CT molecular complexity index is 967. The van der Waals surface area contributed by atoms with Crippen LogP contribution < -0.4 is 0 Å². The molecule has 5 nitrogen and oxygen atoms in total. The van der Waals surface area contributed by atoms with E-state index in [0.29, 0.717) is 13.1 Å². The molecule has 0 spiro atoms. The molecule has 0 saturated carbocycles. The van der Waals surface area contributed by atoms with Crippen molar-refractivity contribution in [2.24, 2.45) is 0 Å². The van der Waals surface area contributed by atoms with E-state index >= 15 is 0 Å². The molecule has 4 rings (SSSR count). The Morgan fingerprint density at radius 2 is 1.79 bits per heavy atom. The number of benzene rings is 2. The summed E-state index contributed by atoms with van der Waals surface area (Å²) >= 11 is 0. The average molecular weight is 378 g/mol. The van der Waals surface area contributed by atoms with Gasteiger partial charge in [0.15, 0.2) is 11.5 Å². The van der Waals surface area contributed by atoms with E-state index in [0.717, 1.165) is 35.4 Å². The highest BCUT2D eigenvalue weighted by atomic mass is 16.6. The summed E-state index contributed by atoms with van der Waals surface area (Å²) in [5.41, 5.74) is 5.24. The van der Waals surface area contributed by atoms with E-state index in [1.807, 2.05) is 19.9 Å². The van der Waals surface area contributed by atoms with Gasteiger partial charge in [-0.1, -0.05) is 35.9 Å². The summed E-state index contributed by atoms with van der Waals surface area (Å²) < 4.78 is 11.4. The van der Waals surface area contributed by atoms with Gasteiger partial charge in [0.05, 0.1) is 6.10 Å². The molecular weight excluding hydrogens is 352 g/mol. The van der Waals surface area contributed by atoms with Crippen LogP contribution in [-0.2, 0) is 4.74 Å². The van der Waals surface area contributed by atoms with Crippen LogP contribution in [0, 0.1) is 6.92 Å². The second-order valence-corrected chi connectivity index (χ2v) is 7.79. The first-order valence-corrected chi connectivity index (χ1v) is 9.92. The van der Waals surface area contributed by atoms with Gasteiger partial charge >= 0.3 is 6.09 Å². The van der Waals surface area contributed by atoms with Crippen LogP contribution in [0.15, 0.2) is 46.9 Å². The third-order valence-corrected chi connectivity index (χ3v) is 5.23. The zero-order chi connectivity index (χ0) is 19.7. The lowest BCUT2D eigenvalue weighted by molar-refractivity contribution is 0.0681. The summed E-state index contributed by atoms with van der Waals surface area (Å²) in [4.78, 5) is 18.5. The maximum Gasteiger partial charge on any atom is 0.410 e. The number of carbonyl (C=O) groups is 1. The standard InChI is InChI=1S/C23H26N2O3/c1-15(2)27-23(26)25-12-10-18(11-13-25)22-24-20-9-8-19(14-21(20)28-22)17-6-4-16(3)5-7-17/h4-9,14-15,18H,10-13H2,1-3H3. The van der Waals surface area contributed by atoms with Gasteiger partial charge in [-0.3, -0.25) is 0 Å². The predicted molar refractivity (Wildman–Crippen MR) is 109 cm³/mol. The number of nitrogens with zero attached hydrogens (tertiary/aromatic N) is 2. The lowest BCUT2D eigenvalue weighted by atomic mass is 9.97. The highest BCUT2D eigenvalue weighted by Crippen LogP contribution is 2.32. The predicted octanol–water partition coefficient (Wildman–Crippen LogP) is 5.53. The number of ether oxygens (including phenoxy) is 1. The van der Waals surface area contributed by atoms with Crippen molar-refractivity contribution < 1.29 is 13.9 Å². The van der Waals surface area contributed by atoms with Crippen molar-refractivity contribution in [1.29, 1.82) is 0 Å². The maximum absolute atomic E-state index is 12.1. The van der Waals surface area contributed by atoms with Crippen molar-refractivity contribution in [3.05, 3.63) is 53.9 Å². The number of piperidine rings is 1. The molecule has 1 aliphatic rings. The first kappa shape index (κ1) is 18.5. The Balaban J connectivity index is 1.48. The van der Waals surface area contributed by atoms with E-state index in [1.54, 1.807) is 4.90 Å². The van der Waals surface area contributed by atoms with Crippen molar-refractivity contribution in [2.45, 2.75) is 45.6 Å². The molecule has 1 saturated heterocycles. The van der Waals surface area contributed by atoms with Crippen LogP contribution in [0.3, 0.4) is 0 Å². The maximum atomic E-state index is 12.1. The lowest BCUT2D eigenvalue weighted by Gasteiger charge is -2.30. The van der Waals surface area contributed by atoms with Crippen LogP contribution in [0.2, 0.25) is 0 Å². The first-order chi connectivity index (χ1) is 13.5. The average Bonchev–Trinajstić information content (AvgIpc) is 3.11. The molecule has 1 aliphatic heterocycles. The molecule has 0 bridgehead atoms. The molecule has 0 radical (unpaired) electrons. The second kappa shape index (κ2) is 7.66. The summed E-state index contributed by atoms with van der Waals surface area (Å²) in [7, 11) is 0. The van der Waals surface area contributed by atoms with E-state index in [2.05, 4.69) is 43.3 Å². The lowest BCUT2D eigenvalue weighted by Crippen LogP contribution is -2.39. The minimum absolute atomic E-state index is 0.0926. The normalized spacial score (nSPS) is 15.4. The van der Waals surface area contributed by atoms with E-state index in [9.17, 15) is 4.79 Å². The molecule has 0 atom stereocenters. The van der Waals surface area contributed by atoms with E-state index in [1.165, 1.54) is 11.1 Å². The van der Waals surface area contributed by atoms with Gasteiger partial charge in [-0.2, -0.15) is 0 Å². The molecule has 1 fully saturated rings. The summed E-state index contributed by atoms with van der Waals surface area (Å²) in [5.74, 6) is 1.01. The van der Waals surface area contributed by atoms with Gasteiger partial charge in [-0.05, 0) is 56.9 Å². The van der Waals surface area contributed by atoms with Gasteiger partial charge in [0.1, 0.15) is 5.52 Å². The zero-order valence-corrected chi connectivity index (χ0v) is 16.6. The van der Waals surface area contributed by atoms with Gasteiger partial charge < -0.3 is 14.1 Å². The van der Waals surface area contributed by atoms with Crippen LogP contribution in [-0.4, -0.2) is 35.2 Å². The number of aromatic nitrogens is 1. The molecule has 2 aromatic carbocycles. The topological polar surface area (TPSA) is 55.6 Å². The van der Waals surface area contributed by atoms with Crippen LogP contribution in [0.4, 0.5) is 4.79 Å². The Hall–Kier alpha value is -2.82. The molecule has 3 aromatic rings. The van der Waals surface area contributed by atoms with E-state index in [4.69, 9.17) is 14.1 Å². The Morgan fingerprint density at radius 1 is 1.11 bits per heavy atom. The number of fused-ring (bicyclic) bond motifs is 1. The van der Waals surface area contributed by atoms with Crippen molar-refractivity contribution in [1.82, 2.24) is 9.88 Å². The van der Waals surface area contributed by atoms with Crippen LogP contribution >= 0.6 is 0 Å². The molecule has 146 valence electrons. The minimum atomic E-state index is -0.228. The highest BCUT2D eigenvalue weighted by Gasteiger charge is 2.28. The Morgan fingerprint density at radius 3 is 2.46 bits per heavy atom. The molecule has 5 heteroatoms. The second-order valence-electron chi connectivity index (χ2n) is 7.79. The fraction of sp³-hybridized carbons (Fsp3) is 0.391. The summed E-state index contributed by atoms with van der Waals surface area (Å²) in [6, 6.07) is 14.6. The molecule has 1 amide bonds. The van der Waals surface area contributed by atoms with Crippen molar-refractivity contribution in [2.75, 3.05) is 13.1 Å². The summed E-state index contributed by atoms with van der Waals surface area (Å²) in [6.45, 7) is 7.17. The quantitative estimate of drug-likeness (QED) is 0.601. The number of carbonyl (C=O) groups excluding carboxylic acids is 1.